The van der Waals surface area contributed by atoms with Gasteiger partial charge in [-0.3, -0.25) is 24.1 Å². The third-order valence-corrected chi connectivity index (χ3v) is 7.43. The number of benzene rings is 3. The molecule has 0 unspecified atom stereocenters. The highest BCUT2D eigenvalue weighted by Crippen LogP contribution is 2.35. The summed E-state index contributed by atoms with van der Waals surface area (Å²) in [5, 5.41) is 4.11. The largest absolute Gasteiger partial charge is 0.490 e. The molecule has 4 amide bonds. The van der Waals surface area contributed by atoms with Crippen molar-refractivity contribution in [2.75, 3.05) is 51.4 Å². The monoisotopic (exact) mass is 575 g/mol. The molecule has 5 rings (SSSR count). The van der Waals surface area contributed by atoms with Crippen LogP contribution in [0, 0.1) is 0 Å². The maximum absolute atomic E-state index is 13.1. The van der Waals surface area contributed by atoms with Crippen molar-refractivity contribution < 1.29 is 33.4 Å². The Bertz CT molecular complexity index is 1510. The van der Waals surface area contributed by atoms with E-state index in [2.05, 4.69) is 5.32 Å². The van der Waals surface area contributed by atoms with Gasteiger partial charge in [-0.25, -0.2) is 0 Å². The van der Waals surface area contributed by atoms with E-state index in [1.807, 2.05) is 43.3 Å². The van der Waals surface area contributed by atoms with Crippen LogP contribution in [-0.2, 0) is 19.1 Å². The highest BCUT2D eigenvalue weighted by molar-refractivity contribution is 8.18. The first-order chi connectivity index (χ1) is 19.9. The maximum Gasteiger partial charge on any atom is 0.294 e. The van der Waals surface area contributed by atoms with Gasteiger partial charge in [-0.05, 0) is 53.9 Å². The van der Waals surface area contributed by atoms with E-state index in [1.54, 1.807) is 35.2 Å². The lowest BCUT2D eigenvalue weighted by atomic mass is 10.1. The molecule has 2 fully saturated rings. The predicted molar refractivity (Wildman–Crippen MR) is 156 cm³/mol. The first kappa shape index (κ1) is 28.2. The normalized spacial score (nSPS) is 16.4. The number of amides is 4. The molecule has 0 saturated carbocycles. The molecule has 3 aromatic carbocycles. The van der Waals surface area contributed by atoms with E-state index in [1.165, 1.54) is 0 Å². The molecule has 2 aliphatic heterocycles. The van der Waals surface area contributed by atoms with Crippen LogP contribution in [-0.4, -0.2) is 78.8 Å². The van der Waals surface area contributed by atoms with Gasteiger partial charge < -0.3 is 24.4 Å². The fourth-order valence-corrected chi connectivity index (χ4v) is 5.34. The quantitative estimate of drug-likeness (QED) is 0.379. The molecule has 0 spiro atoms. The molecular formula is C30H29N3O7S. The molecule has 2 aliphatic rings. The van der Waals surface area contributed by atoms with Crippen LogP contribution < -0.4 is 14.8 Å². The molecule has 41 heavy (non-hydrogen) atoms. The summed E-state index contributed by atoms with van der Waals surface area (Å²) < 4.78 is 16.7. The molecular weight excluding hydrogens is 546 g/mol. The summed E-state index contributed by atoms with van der Waals surface area (Å²) in [6.07, 6.45) is 1.57. The smallest absolute Gasteiger partial charge is 0.294 e. The molecule has 11 heteroatoms. The van der Waals surface area contributed by atoms with Gasteiger partial charge in [0.15, 0.2) is 18.1 Å². The molecule has 2 saturated heterocycles. The Kier molecular flexibility index (Phi) is 8.85. The zero-order valence-corrected chi connectivity index (χ0v) is 23.3. The summed E-state index contributed by atoms with van der Waals surface area (Å²) in [6.45, 7) is 3.70. The van der Waals surface area contributed by atoms with Gasteiger partial charge in [0.25, 0.3) is 17.1 Å². The van der Waals surface area contributed by atoms with E-state index in [4.69, 9.17) is 14.2 Å². The fourth-order valence-electron chi connectivity index (χ4n) is 4.50. The number of hydrogen-bond donors (Lipinski definition) is 1. The number of imide groups is 1. The average Bonchev–Trinajstić information content (AvgIpc) is 3.24. The Morgan fingerprint density at radius 2 is 1.78 bits per heavy atom. The second kappa shape index (κ2) is 12.9. The van der Waals surface area contributed by atoms with Gasteiger partial charge in [0, 0.05) is 24.2 Å². The van der Waals surface area contributed by atoms with Crippen molar-refractivity contribution >= 4 is 57.3 Å². The van der Waals surface area contributed by atoms with Gasteiger partial charge in [0.05, 0.1) is 24.7 Å². The van der Waals surface area contributed by atoms with Crippen LogP contribution in [0.5, 0.6) is 11.5 Å². The number of anilines is 1. The lowest BCUT2D eigenvalue weighted by molar-refractivity contribution is -0.137. The molecule has 1 N–H and O–H groups in total. The van der Waals surface area contributed by atoms with Crippen molar-refractivity contribution in [2.24, 2.45) is 0 Å². The molecule has 212 valence electrons. The summed E-state index contributed by atoms with van der Waals surface area (Å²) in [5.41, 5.74) is 1.21. The van der Waals surface area contributed by atoms with Crippen molar-refractivity contribution in [3.8, 4) is 11.5 Å². The van der Waals surface area contributed by atoms with Crippen molar-refractivity contribution in [3.05, 3.63) is 71.1 Å². The van der Waals surface area contributed by atoms with Crippen LogP contribution in [0.15, 0.2) is 65.6 Å². The Labute approximate surface area is 241 Å². The van der Waals surface area contributed by atoms with Gasteiger partial charge >= 0.3 is 0 Å². The molecule has 0 bridgehead atoms. The highest BCUT2D eigenvalue weighted by Gasteiger charge is 2.36. The zero-order valence-electron chi connectivity index (χ0n) is 22.5. The zero-order chi connectivity index (χ0) is 28.8. The van der Waals surface area contributed by atoms with Gasteiger partial charge in [0.1, 0.15) is 6.54 Å². The first-order valence-electron chi connectivity index (χ1n) is 13.2. The predicted octanol–water partition coefficient (Wildman–Crippen LogP) is 4.15. The van der Waals surface area contributed by atoms with Gasteiger partial charge in [-0.2, -0.15) is 0 Å². The first-order valence-corrected chi connectivity index (χ1v) is 14.0. The van der Waals surface area contributed by atoms with E-state index in [-0.39, 0.29) is 17.4 Å². The lowest BCUT2D eigenvalue weighted by Gasteiger charge is -2.26. The van der Waals surface area contributed by atoms with Crippen molar-refractivity contribution in [1.29, 1.82) is 0 Å². The molecule has 0 aromatic heterocycles. The molecule has 0 radical (unpaired) electrons. The fraction of sp³-hybridized carbons (Fsp3) is 0.267. The van der Waals surface area contributed by atoms with Crippen LogP contribution in [0.4, 0.5) is 10.5 Å². The Balaban J connectivity index is 1.24. The third-order valence-electron chi connectivity index (χ3n) is 6.52. The van der Waals surface area contributed by atoms with E-state index in [0.29, 0.717) is 55.7 Å². The minimum absolute atomic E-state index is 0.140. The minimum atomic E-state index is -0.553. The number of thioether (sulfide) groups is 1. The van der Waals surface area contributed by atoms with Crippen LogP contribution in [0.25, 0.3) is 16.8 Å². The van der Waals surface area contributed by atoms with Crippen molar-refractivity contribution in [1.82, 2.24) is 9.80 Å². The van der Waals surface area contributed by atoms with Crippen LogP contribution in [0.3, 0.4) is 0 Å². The minimum Gasteiger partial charge on any atom is -0.490 e. The molecule has 2 heterocycles. The number of carbonyl (C=O) groups excluding carboxylic acids is 4. The van der Waals surface area contributed by atoms with Crippen molar-refractivity contribution in [2.45, 2.75) is 6.92 Å². The summed E-state index contributed by atoms with van der Waals surface area (Å²) in [4.78, 5) is 53.8. The SMILES string of the molecule is CCOc1cc(/C=C2\SC(=O)N(CC(=O)Nc3cccc4ccccc34)C2=O)ccc1OCC(=O)N1CCOCC1. The topological polar surface area (TPSA) is 114 Å². The Morgan fingerprint density at radius 1 is 1.00 bits per heavy atom. The molecule has 0 atom stereocenters. The van der Waals surface area contributed by atoms with E-state index >= 15 is 0 Å². The standard InChI is InChI=1S/C30H29N3O7S/c1-2-39-25-16-20(10-11-24(25)40-19-28(35)32-12-14-38-15-13-32)17-26-29(36)33(30(37)41-26)18-27(34)31-23-9-5-7-21-6-3-4-8-22(21)23/h3-11,16-17H,2,12-15,18-19H2,1H3,(H,31,34)/b26-17-. The number of nitrogens with zero attached hydrogens (tertiary/aromatic N) is 2. The van der Waals surface area contributed by atoms with Gasteiger partial charge in [-0.1, -0.05) is 42.5 Å². The number of rotatable bonds is 9. The van der Waals surface area contributed by atoms with E-state index in [9.17, 15) is 19.2 Å². The number of ether oxygens (including phenoxy) is 3. The highest BCUT2D eigenvalue weighted by atomic mass is 32.2. The summed E-state index contributed by atoms with van der Waals surface area (Å²) in [5.74, 6) is -0.370. The Hall–Kier alpha value is -4.35. The van der Waals surface area contributed by atoms with E-state index in [0.717, 1.165) is 27.4 Å². The van der Waals surface area contributed by atoms with Crippen LogP contribution >= 0.6 is 11.8 Å². The number of hydrogen-bond acceptors (Lipinski definition) is 8. The second-order valence-corrected chi connectivity index (χ2v) is 10.3. The lowest BCUT2D eigenvalue weighted by Crippen LogP contribution is -2.43. The average molecular weight is 576 g/mol. The number of morpholine rings is 1. The van der Waals surface area contributed by atoms with Gasteiger partial charge in [0.2, 0.25) is 5.91 Å². The van der Waals surface area contributed by atoms with Crippen LogP contribution in [0.2, 0.25) is 0 Å². The second-order valence-electron chi connectivity index (χ2n) is 9.26. The van der Waals surface area contributed by atoms with E-state index < -0.39 is 23.6 Å². The molecule has 0 aliphatic carbocycles. The summed E-state index contributed by atoms with van der Waals surface area (Å²) in [7, 11) is 0. The molecule has 3 aromatic rings. The number of carbonyl (C=O) groups is 4. The number of nitrogens with one attached hydrogen (secondary N) is 1. The number of fused-ring (bicyclic) bond motifs is 1. The van der Waals surface area contributed by atoms with Gasteiger partial charge in [-0.15, -0.1) is 0 Å². The summed E-state index contributed by atoms with van der Waals surface area (Å²) in [6, 6.07) is 18.2. The van der Waals surface area contributed by atoms with Crippen molar-refractivity contribution in [3.63, 3.8) is 0 Å². The summed E-state index contributed by atoms with van der Waals surface area (Å²) >= 11 is 0.767. The van der Waals surface area contributed by atoms with Crippen LogP contribution in [0.1, 0.15) is 12.5 Å². The maximum atomic E-state index is 13.1. The molecule has 10 nitrogen and oxygen atoms in total. The third kappa shape index (κ3) is 6.69. The Morgan fingerprint density at radius 3 is 2.59 bits per heavy atom.